The minimum absolute atomic E-state index is 0.0515. The van der Waals surface area contributed by atoms with Crippen LogP contribution in [0.4, 0.5) is 11.4 Å². The predicted molar refractivity (Wildman–Crippen MR) is 107 cm³/mol. The zero-order valence-corrected chi connectivity index (χ0v) is 16.7. The van der Waals surface area contributed by atoms with Gasteiger partial charge in [0.2, 0.25) is 10.0 Å². The summed E-state index contributed by atoms with van der Waals surface area (Å²) in [6, 6.07) is 9.20. The molecule has 1 aromatic heterocycles. The summed E-state index contributed by atoms with van der Waals surface area (Å²) in [6.07, 6.45) is 3.43. The van der Waals surface area contributed by atoms with Crippen LogP contribution < -0.4 is 5.32 Å². The summed E-state index contributed by atoms with van der Waals surface area (Å²) in [5.74, 6) is 0.277. The second-order valence-corrected chi connectivity index (χ2v) is 9.11. The molecule has 3 rings (SSSR count). The average molecular weight is 404 g/mol. The molecule has 1 aliphatic heterocycles. The second-order valence-electron chi connectivity index (χ2n) is 7.17. The van der Waals surface area contributed by atoms with Crippen LogP contribution in [0.2, 0.25) is 0 Å². The van der Waals surface area contributed by atoms with Crippen molar-refractivity contribution < 1.29 is 13.3 Å². The third-order valence-corrected chi connectivity index (χ3v) is 6.79. The molecule has 1 fully saturated rings. The number of hydrogen-bond acceptors (Lipinski definition) is 6. The number of benzene rings is 1. The van der Waals surface area contributed by atoms with Crippen LogP contribution in [-0.2, 0) is 10.0 Å². The summed E-state index contributed by atoms with van der Waals surface area (Å²) in [7, 11) is -3.76. The molecule has 0 amide bonds. The molecule has 0 aliphatic carbocycles. The zero-order valence-electron chi connectivity index (χ0n) is 15.9. The third-order valence-electron chi connectivity index (χ3n) is 4.93. The van der Waals surface area contributed by atoms with Gasteiger partial charge in [-0.25, -0.2) is 8.42 Å². The highest BCUT2D eigenvalue weighted by Crippen LogP contribution is 2.32. The predicted octanol–water partition coefficient (Wildman–Crippen LogP) is 3.58. The lowest BCUT2D eigenvalue weighted by atomic mass is 10.0. The summed E-state index contributed by atoms with van der Waals surface area (Å²) in [4.78, 5) is 15.2. The number of anilines is 1. The van der Waals surface area contributed by atoms with Crippen molar-refractivity contribution in [1.29, 1.82) is 0 Å². The Morgan fingerprint density at radius 3 is 2.75 bits per heavy atom. The van der Waals surface area contributed by atoms with Crippen molar-refractivity contribution in [3.63, 3.8) is 0 Å². The SMILES string of the molecule is C[C@@H]1CCCN(S(=O)(=O)c2ccc(N[C@@H](C)c3ccccn3)c([N+](=O)[O-])c2)C1. The number of nitrogens with one attached hydrogen (secondary N) is 1. The van der Waals surface area contributed by atoms with E-state index in [1.807, 2.05) is 26.0 Å². The number of sulfonamides is 1. The first-order chi connectivity index (χ1) is 13.3. The summed E-state index contributed by atoms with van der Waals surface area (Å²) in [5, 5.41) is 14.6. The number of pyridine rings is 1. The highest BCUT2D eigenvalue weighted by atomic mass is 32.2. The van der Waals surface area contributed by atoms with E-state index >= 15 is 0 Å². The number of aromatic nitrogens is 1. The molecule has 0 radical (unpaired) electrons. The Labute approximate surface area is 164 Å². The number of nitro groups is 1. The van der Waals surface area contributed by atoms with Gasteiger partial charge in [0.1, 0.15) is 5.69 Å². The van der Waals surface area contributed by atoms with E-state index < -0.39 is 14.9 Å². The van der Waals surface area contributed by atoms with Crippen molar-refractivity contribution in [2.24, 2.45) is 5.92 Å². The van der Waals surface area contributed by atoms with Crippen molar-refractivity contribution in [2.75, 3.05) is 18.4 Å². The topological polar surface area (TPSA) is 105 Å². The van der Waals surface area contributed by atoms with Gasteiger partial charge in [0, 0.05) is 25.4 Å². The van der Waals surface area contributed by atoms with Gasteiger partial charge in [-0.15, -0.1) is 0 Å². The first-order valence-corrected chi connectivity index (χ1v) is 10.7. The van der Waals surface area contributed by atoms with Crippen LogP contribution in [0.5, 0.6) is 0 Å². The van der Waals surface area contributed by atoms with Gasteiger partial charge in [-0.3, -0.25) is 15.1 Å². The Balaban J connectivity index is 1.90. The molecule has 2 aromatic rings. The number of hydrogen-bond donors (Lipinski definition) is 1. The van der Waals surface area contributed by atoms with E-state index in [0.717, 1.165) is 24.6 Å². The molecule has 2 heterocycles. The molecular weight excluding hydrogens is 380 g/mol. The maximum Gasteiger partial charge on any atom is 0.293 e. The van der Waals surface area contributed by atoms with Gasteiger partial charge in [-0.2, -0.15) is 4.31 Å². The molecule has 28 heavy (non-hydrogen) atoms. The summed E-state index contributed by atoms with van der Waals surface area (Å²) in [5.41, 5.74) is 0.721. The Morgan fingerprint density at radius 2 is 2.11 bits per heavy atom. The first kappa shape index (κ1) is 20.2. The Kier molecular flexibility index (Phi) is 5.95. The Morgan fingerprint density at radius 1 is 1.32 bits per heavy atom. The zero-order chi connectivity index (χ0) is 20.3. The van der Waals surface area contributed by atoms with Gasteiger partial charge in [0.15, 0.2) is 0 Å². The number of piperidine rings is 1. The van der Waals surface area contributed by atoms with Gasteiger partial charge in [0.25, 0.3) is 5.69 Å². The van der Waals surface area contributed by atoms with Gasteiger partial charge >= 0.3 is 0 Å². The fraction of sp³-hybridized carbons (Fsp3) is 0.421. The van der Waals surface area contributed by atoms with Crippen LogP contribution in [0.25, 0.3) is 0 Å². The van der Waals surface area contributed by atoms with E-state index in [-0.39, 0.29) is 28.2 Å². The van der Waals surface area contributed by atoms with Crippen molar-refractivity contribution in [2.45, 2.75) is 37.6 Å². The van der Waals surface area contributed by atoms with Gasteiger partial charge in [-0.05, 0) is 49.9 Å². The molecule has 9 heteroatoms. The minimum atomic E-state index is -3.76. The molecule has 0 saturated carbocycles. The largest absolute Gasteiger partial charge is 0.371 e. The molecule has 2 atom stereocenters. The molecule has 0 bridgehead atoms. The fourth-order valence-electron chi connectivity index (χ4n) is 3.40. The van der Waals surface area contributed by atoms with Crippen LogP contribution in [-0.4, -0.2) is 35.7 Å². The summed E-state index contributed by atoms with van der Waals surface area (Å²) in [6.45, 7) is 4.73. The highest BCUT2D eigenvalue weighted by Gasteiger charge is 2.30. The lowest BCUT2D eigenvalue weighted by molar-refractivity contribution is -0.384. The van der Waals surface area contributed by atoms with E-state index in [9.17, 15) is 18.5 Å². The molecule has 0 unspecified atom stereocenters. The van der Waals surface area contributed by atoms with E-state index in [4.69, 9.17) is 0 Å². The van der Waals surface area contributed by atoms with Crippen LogP contribution in [0.15, 0.2) is 47.5 Å². The van der Waals surface area contributed by atoms with Crippen molar-refractivity contribution in [3.05, 3.63) is 58.4 Å². The molecule has 1 saturated heterocycles. The molecule has 1 aromatic carbocycles. The minimum Gasteiger partial charge on any atom is -0.371 e. The van der Waals surface area contributed by atoms with Gasteiger partial charge < -0.3 is 5.32 Å². The van der Waals surface area contributed by atoms with Crippen LogP contribution >= 0.6 is 0 Å². The summed E-state index contributed by atoms with van der Waals surface area (Å²) < 4.78 is 27.3. The standard InChI is InChI=1S/C19H24N4O4S/c1-14-6-5-11-22(13-14)28(26,27)16-8-9-18(19(12-16)23(24)25)21-15(2)17-7-3-4-10-20-17/h3-4,7-10,12,14-15,21H,5-6,11,13H2,1-2H3/t14-,15+/m1/s1. The van der Waals surface area contributed by atoms with Gasteiger partial charge in [-0.1, -0.05) is 13.0 Å². The quantitative estimate of drug-likeness (QED) is 0.583. The fourth-order valence-corrected chi connectivity index (χ4v) is 5.02. The van der Waals surface area contributed by atoms with Crippen LogP contribution in [0.3, 0.4) is 0 Å². The van der Waals surface area contributed by atoms with Crippen molar-refractivity contribution in [3.8, 4) is 0 Å². The third kappa shape index (κ3) is 4.31. The Bertz CT molecular complexity index is 950. The lowest BCUT2D eigenvalue weighted by Crippen LogP contribution is -2.39. The maximum absolute atomic E-state index is 12.9. The van der Waals surface area contributed by atoms with Crippen molar-refractivity contribution in [1.82, 2.24) is 9.29 Å². The van der Waals surface area contributed by atoms with Crippen LogP contribution in [0.1, 0.15) is 38.4 Å². The highest BCUT2D eigenvalue weighted by molar-refractivity contribution is 7.89. The molecule has 0 spiro atoms. The molecule has 1 aliphatic rings. The number of nitro benzene ring substituents is 1. The van der Waals surface area contributed by atoms with Crippen molar-refractivity contribution >= 4 is 21.4 Å². The lowest BCUT2D eigenvalue weighted by Gasteiger charge is -2.30. The van der Waals surface area contributed by atoms with Crippen LogP contribution in [0, 0.1) is 16.0 Å². The second kappa shape index (κ2) is 8.24. The normalized spacial score (nSPS) is 19.1. The van der Waals surface area contributed by atoms with Gasteiger partial charge in [0.05, 0.1) is 21.6 Å². The molecule has 8 nitrogen and oxygen atoms in total. The average Bonchev–Trinajstić information content (AvgIpc) is 2.68. The summed E-state index contributed by atoms with van der Waals surface area (Å²) >= 11 is 0. The maximum atomic E-state index is 12.9. The van der Waals surface area contributed by atoms with E-state index in [2.05, 4.69) is 10.3 Å². The molecular formula is C19H24N4O4S. The number of nitrogens with zero attached hydrogens (tertiary/aromatic N) is 3. The van der Waals surface area contributed by atoms with E-state index in [0.29, 0.717) is 13.1 Å². The Hall–Kier alpha value is -2.52. The smallest absolute Gasteiger partial charge is 0.293 e. The molecule has 150 valence electrons. The monoisotopic (exact) mass is 404 g/mol. The van der Waals surface area contributed by atoms with E-state index in [1.165, 1.54) is 16.4 Å². The first-order valence-electron chi connectivity index (χ1n) is 9.25. The molecule has 1 N–H and O–H groups in total. The van der Waals surface area contributed by atoms with E-state index in [1.54, 1.807) is 12.3 Å². The number of rotatable bonds is 6.